The number of rotatable bonds is 4. The van der Waals surface area contributed by atoms with E-state index in [9.17, 15) is 4.39 Å². The zero-order chi connectivity index (χ0) is 13.8. The normalized spacial score (nSPS) is 10.3. The van der Waals surface area contributed by atoms with Crippen LogP contribution in [-0.2, 0) is 6.61 Å². The Morgan fingerprint density at radius 1 is 1.26 bits per heavy atom. The van der Waals surface area contributed by atoms with Gasteiger partial charge >= 0.3 is 0 Å². The molecular formula is C14H13BrFNO2. The lowest BCUT2D eigenvalue weighted by molar-refractivity contribution is 0.295. The number of hydrogen-bond acceptors (Lipinski definition) is 3. The summed E-state index contributed by atoms with van der Waals surface area (Å²) in [6.45, 7) is 0.110. The quantitative estimate of drug-likeness (QED) is 0.870. The van der Waals surface area contributed by atoms with Crippen LogP contribution in [0.15, 0.2) is 40.9 Å². The van der Waals surface area contributed by atoms with E-state index in [1.807, 2.05) is 0 Å². The van der Waals surface area contributed by atoms with E-state index in [4.69, 9.17) is 15.2 Å². The van der Waals surface area contributed by atoms with Crippen molar-refractivity contribution in [1.82, 2.24) is 0 Å². The molecule has 0 aromatic heterocycles. The summed E-state index contributed by atoms with van der Waals surface area (Å²) >= 11 is 3.32. The number of benzene rings is 2. The molecule has 0 saturated heterocycles. The molecule has 2 rings (SSSR count). The van der Waals surface area contributed by atoms with Crippen molar-refractivity contribution in [3.63, 3.8) is 0 Å². The Morgan fingerprint density at radius 3 is 2.74 bits per heavy atom. The fourth-order valence-corrected chi connectivity index (χ4v) is 2.14. The Kier molecular flexibility index (Phi) is 4.27. The summed E-state index contributed by atoms with van der Waals surface area (Å²) in [4.78, 5) is 0. The average molecular weight is 326 g/mol. The molecule has 0 aliphatic carbocycles. The van der Waals surface area contributed by atoms with Crippen molar-refractivity contribution < 1.29 is 13.9 Å². The maximum Gasteiger partial charge on any atom is 0.171 e. The molecule has 0 spiro atoms. The van der Waals surface area contributed by atoms with Crippen molar-refractivity contribution >= 4 is 21.6 Å². The molecule has 0 saturated carbocycles. The van der Waals surface area contributed by atoms with Crippen LogP contribution >= 0.6 is 15.9 Å². The zero-order valence-electron chi connectivity index (χ0n) is 10.3. The summed E-state index contributed by atoms with van der Waals surface area (Å²) in [7, 11) is 1.43. The van der Waals surface area contributed by atoms with Crippen molar-refractivity contribution in [3.8, 4) is 11.5 Å². The van der Waals surface area contributed by atoms with Gasteiger partial charge in [0.25, 0.3) is 0 Å². The molecule has 2 aromatic rings. The summed E-state index contributed by atoms with van der Waals surface area (Å²) in [5.41, 5.74) is 6.71. The number of methoxy groups -OCH3 is 1. The van der Waals surface area contributed by atoms with Crippen molar-refractivity contribution in [3.05, 3.63) is 52.3 Å². The summed E-state index contributed by atoms with van der Waals surface area (Å²) in [6, 6.07) is 10.2. The number of anilines is 1. The minimum absolute atomic E-state index is 0.110. The molecule has 0 radical (unpaired) electrons. The highest BCUT2D eigenvalue weighted by molar-refractivity contribution is 9.10. The second-order valence-corrected chi connectivity index (χ2v) is 4.86. The van der Waals surface area contributed by atoms with Crippen LogP contribution in [0.3, 0.4) is 0 Å². The summed E-state index contributed by atoms with van der Waals surface area (Å²) in [5.74, 6) is 0.372. The van der Waals surface area contributed by atoms with Crippen LogP contribution < -0.4 is 15.2 Å². The first-order valence-corrected chi connectivity index (χ1v) is 6.39. The van der Waals surface area contributed by atoms with Gasteiger partial charge in [0.15, 0.2) is 11.6 Å². The molecule has 0 atom stereocenters. The fraction of sp³-hybridized carbons (Fsp3) is 0.143. The standard InChI is InChI=1S/C14H13BrFNO2/c1-18-13-4-2-3-9(14(13)16)8-19-12-6-10(15)5-11(17)7-12/h2-7H,8,17H2,1H3. The lowest BCUT2D eigenvalue weighted by Gasteiger charge is -2.10. The molecule has 2 N–H and O–H groups in total. The van der Waals surface area contributed by atoms with Crippen molar-refractivity contribution in [2.24, 2.45) is 0 Å². The van der Waals surface area contributed by atoms with E-state index in [-0.39, 0.29) is 12.4 Å². The SMILES string of the molecule is COc1cccc(COc2cc(N)cc(Br)c2)c1F. The summed E-state index contributed by atoms with van der Waals surface area (Å²) in [5, 5.41) is 0. The van der Waals surface area contributed by atoms with E-state index in [1.54, 1.807) is 36.4 Å². The highest BCUT2D eigenvalue weighted by atomic mass is 79.9. The molecule has 19 heavy (non-hydrogen) atoms. The minimum atomic E-state index is -0.409. The monoisotopic (exact) mass is 325 g/mol. The number of hydrogen-bond donors (Lipinski definition) is 1. The van der Waals surface area contributed by atoms with E-state index in [1.165, 1.54) is 7.11 Å². The molecular weight excluding hydrogens is 313 g/mol. The number of nitrogen functional groups attached to an aromatic ring is 1. The topological polar surface area (TPSA) is 44.5 Å². The van der Waals surface area contributed by atoms with Crippen molar-refractivity contribution in [2.45, 2.75) is 6.61 Å². The highest BCUT2D eigenvalue weighted by Gasteiger charge is 2.09. The van der Waals surface area contributed by atoms with Crippen LogP contribution in [0.5, 0.6) is 11.5 Å². The maximum atomic E-state index is 13.9. The number of halogens is 2. The fourth-order valence-electron chi connectivity index (χ4n) is 1.65. The smallest absolute Gasteiger partial charge is 0.171 e. The van der Waals surface area contributed by atoms with Gasteiger partial charge in [-0.1, -0.05) is 28.1 Å². The Balaban J connectivity index is 2.14. The van der Waals surface area contributed by atoms with Gasteiger partial charge in [-0.2, -0.15) is 0 Å². The third-order valence-corrected chi connectivity index (χ3v) is 3.01. The van der Waals surface area contributed by atoms with Crippen molar-refractivity contribution in [1.29, 1.82) is 0 Å². The molecule has 0 unspecified atom stereocenters. The Hall–Kier alpha value is -1.75. The molecule has 0 fully saturated rings. The van der Waals surface area contributed by atoms with E-state index in [2.05, 4.69) is 15.9 Å². The molecule has 100 valence electrons. The van der Waals surface area contributed by atoms with Gasteiger partial charge in [-0.15, -0.1) is 0 Å². The number of ether oxygens (including phenoxy) is 2. The Morgan fingerprint density at radius 2 is 2.05 bits per heavy atom. The Labute approximate surface area is 119 Å². The van der Waals surface area contributed by atoms with Crippen LogP contribution in [0.4, 0.5) is 10.1 Å². The van der Waals surface area contributed by atoms with E-state index < -0.39 is 5.82 Å². The Bertz CT molecular complexity index is 569. The largest absolute Gasteiger partial charge is 0.494 e. The zero-order valence-corrected chi connectivity index (χ0v) is 11.9. The summed E-state index contributed by atoms with van der Waals surface area (Å²) < 4.78 is 25.2. The first kappa shape index (κ1) is 13.7. The summed E-state index contributed by atoms with van der Waals surface area (Å²) in [6.07, 6.45) is 0. The van der Waals surface area contributed by atoms with Crippen LogP contribution in [0.1, 0.15) is 5.56 Å². The highest BCUT2D eigenvalue weighted by Crippen LogP contribution is 2.25. The van der Waals surface area contributed by atoms with Crippen LogP contribution in [0, 0.1) is 5.82 Å². The van der Waals surface area contributed by atoms with Gasteiger partial charge in [0.1, 0.15) is 12.4 Å². The first-order valence-electron chi connectivity index (χ1n) is 5.60. The van der Waals surface area contributed by atoms with Crippen molar-refractivity contribution in [2.75, 3.05) is 12.8 Å². The van der Waals surface area contributed by atoms with Gasteiger partial charge < -0.3 is 15.2 Å². The molecule has 5 heteroatoms. The van der Waals surface area contributed by atoms with E-state index in [0.29, 0.717) is 17.0 Å². The average Bonchev–Trinajstić information content (AvgIpc) is 2.36. The second kappa shape index (κ2) is 5.93. The lowest BCUT2D eigenvalue weighted by atomic mass is 10.2. The van der Waals surface area contributed by atoms with Crippen LogP contribution in [0.25, 0.3) is 0 Å². The first-order chi connectivity index (χ1) is 9.10. The van der Waals surface area contributed by atoms with Crippen LogP contribution in [-0.4, -0.2) is 7.11 Å². The predicted octanol–water partition coefficient (Wildman–Crippen LogP) is 3.76. The predicted molar refractivity (Wildman–Crippen MR) is 75.8 cm³/mol. The van der Waals surface area contributed by atoms with Gasteiger partial charge in [-0.05, 0) is 18.2 Å². The van der Waals surface area contributed by atoms with Gasteiger partial charge in [0.05, 0.1) is 7.11 Å². The molecule has 0 heterocycles. The molecule has 0 amide bonds. The number of nitrogens with two attached hydrogens (primary N) is 1. The van der Waals surface area contributed by atoms with Gasteiger partial charge in [-0.25, -0.2) is 4.39 Å². The van der Waals surface area contributed by atoms with Gasteiger partial charge in [-0.3, -0.25) is 0 Å². The van der Waals surface area contributed by atoms with E-state index >= 15 is 0 Å². The van der Waals surface area contributed by atoms with E-state index in [0.717, 1.165) is 4.47 Å². The molecule has 0 bridgehead atoms. The van der Waals surface area contributed by atoms with Gasteiger partial charge in [0.2, 0.25) is 0 Å². The molecule has 0 aliphatic heterocycles. The third kappa shape index (κ3) is 3.38. The minimum Gasteiger partial charge on any atom is -0.494 e. The molecule has 3 nitrogen and oxygen atoms in total. The van der Waals surface area contributed by atoms with Gasteiger partial charge in [0, 0.05) is 21.8 Å². The molecule has 2 aromatic carbocycles. The molecule has 0 aliphatic rings. The lowest BCUT2D eigenvalue weighted by Crippen LogP contribution is -2.01. The van der Waals surface area contributed by atoms with Crippen LogP contribution in [0.2, 0.25) is 0 Å². The second-order valence-electron chi connectivity index (χ2n) is 3.94. The third-order valence-electron chi connectivity index (χ3n) is 2.55. The maximum absolute atomic E-state index is 13.9.